The third-order valence-corrected chi connectivity index (χ3v) is 3.84. The van der Waals surface area contributed by atoms with Crippen molar-refractivity contribution >= 4 is 0 Å². The summed E-state index contributed by atoms with van der Waals surface area (Å²) in [4.78, 5) is 4.50. The number of nitrogens with zero attached hydrogens (tertiary/aromatic N) is 2. The zero-order chi connectivity index (χ0) is 13.8. The molecule has 2 N–H and O–H groups in total. The molecule has 0 aromatic heterocycles. The summed E-state index contributed by atoms with van der Waals surface area (Å²) in [6.07, 6.45) is 2.30. The number of fused-ring (bicyclic) bond motifs is 1. The van der Waals surface area contributed by atoms with Gasteiger partial charge in [-0.25, -0.2) is 4.39 Å². The van der Waals surface area contributed by atoms with Gasteiger partial charge in [0, 0.05) is 24.7 Å². The van der Waals surface area contributed by atoms with E-state index in [4.69, 9.17) is 5.73 Å². The Morgan fingerprint density at radius 2 is 2.16 bits per heavy atom. The van der Waals surface area contributed by atoms with Crippen LogP contribution in [0.25, 0.3) is 0 Å². The Kier molecular flexibility index (Phi) is 4.91. The maximum Gasteiger partial charge on any atom is 0.128 e. The van der Waals surface area contributed by atoms with E-state index in [0.717, 1.165) is 30.6 Å². The van der Waals surface area contributed by atoms with E-state index < -0.39 is 0 Å². The molecule has 0 saturated heterocycles. The number of hydrogen-bond donors (Lipinski definition) is 1. The lowest BCUT2D eigenvalue weighted by molar-refractivity contribution is 0.211. The van der Waals surface area contributed by atoms with Crippen LogP contribution in [0.4, 0.5) is 4.39 Å². The van der Waals surface area contributed by atoms with Crippen molar-refractivity contribution in [1.82, 2.24) is 9.80 Å². The van der Waals surface area contributed by atoms with E-state index >= 15 is 0 Å². The van der Waals surface area contributed by atoms with Gasteiger partial charge in [0.2, 0.25) is 0 Å². The van der Waals surface area contributed by atoms with Crippen molar-refractivity contribution in [2.45, 2.75) is 25.4 Å². The van der Waals surface area contributed by atoms with Crippen molar-refractivity contribution in [3.63, 3.8) is 0 Å². The van der Waals surface area contributed by atoms with Crippen LogP contribution in [-0.2, 0) is 6.54 Å². The van der Waals surface area contributed by atoms with Gasteiger partial charge in [0.15, 0.2) is 0 Å². The summed E-state index contributed by atoms with van der Waals surface area (Å²) >= 11 is 0. The summed E-state index contributed by atoms with van der Waals surface area (Å²) in [7, 11) is 4.17. The van der Waals surface area contributed by atoms with Crippen LogP contribution in [0.5, 0.6) is 0 Å². The topological polar surface area (TPSA) is 32.5 Å². The molecule has 1 atom stereocenters. The van der Waals surface area contributed by atoms with E-state index in [2.05, 4.69) is 23.9 Å². The predicted molar refractivity (Wildman–Crippen MR) is 76.4 cm³/mol. The van der Waals surface area contributed by atoms with Gasteiger partial charge >= 0.3 is 0 Å². The van der Waals surface area contributed by atoms with Gasteiger partial charge < -0.3 is 10.6 Å². The van der Waals surface area contributed by atoms with E-state index in [1.807, 2.05) is 6.07 Å². The highest BCUT2D eigenvalue weighted by atomic mass is 19.1. The maximum atomic E-state index is 13.8. The first kappa shape index (κ1) is 14.4. The molecule has 0 spiro atoms. The number of benzene rings is 1. The van der Waals surface area contributed by atoms with Crippen LogP contribution < -0.4 is 5.73 Å². The Balaban J connectivity index is 1.95. The minimum Gasteiger partial charge on any atom is -0.329 e. The van der Waals surface area contributed by atoms with Gasteiger partial charge in [0.25, 0.3) is 0 Å². The van der Waals surface area contributed by atoms with E-state index in [-0.39, 0.29) is 11.9 Å². The largest absolute Gasteiger partial charge is 0.329 e. The van der Waals surface area contributed by atoms with Gasteiger partial charge in [0.05, 0.1) is 0 Å². The van der Waals surface area contributed by atoms with Crippen LogP contribution in [0.1, 0.15) is 30.0 Å². The number of halogens is 1. The first-order valence-electron chi connectivity index (χ1n) is 6.99. The second-order valence-electron chi connectivity index (χ2n) is 5.54. The molecule has 1 heterocycles. The molecule has 0 radical (unpaired) electrons. The molecule has 0 bridgehead atoms. The molecule has 1 aliphatic rings. The molecule has 0 aliphatic carbocycles. The van der Waals surface area contributed by atoms with E-state index in [9.17, 15) is 4.39 Å². The van der Waals surface area contributed by atoms with Gasteiger partial charge in [-0.3, -0.25) is 4.90 Å². The maximum absolute atomic E-state index is 13.8. The standard InChI is InChI=1S/C15H24FN3/c1-18(2)8-3-4-9-19-11-13-12(15(19)10-17)6-5-7-14(13)16/h5-7,15H,3-4,8-11,17H2,1-2H3. The fraction of sp³-hybridized carbons (Fsp3) is 0.600. The fourth-order valence-corrected chi connectivity index (χ4v) is 2.82. The van der Waals surface area contributed by atoms with E-state index in [0.29, 0.717) is 13.1 Å². The summed E-state index contributed by atoms with van der Waals surface area (Å²) in [5, 5.41) is 0. The molecule has 2 rings (SSSR count). The Bertz CT molecular complexity index is 420. The van der Waals surface area contributed by atoms with Crippen molar-refractivity contribution < 1.29 is 4.39 Å². The van der Waals surface area contributed by atoms with Gasteiger partial charge in [-0.1, -0.05) is 12.1 Å². The molecular weight excluding hydrogens is 241 g/mol. The monoisotopic (exact) mass is 265 g/mol. The van der Waals surface area contributed by atoms with Crippen molar-refractivity contribution in [2.24, 2.45) is 5.73 Å². The zero-order valence-corrected chi connectivity index (χ0v) is 11.9. The summed E-state index contributed by atoms with van der Waals surface area (Å²) in [5.41, 5.74) is 7.79. The summed E-state index contributed by atoms with van der Waals surface area (Å²) in [6, 6.07) is 5.52. The van der Waals surface area contributed by atoms with Crippen LogP contribution in [0.15, 0.2) is 18.2 Å². The van der Waals surface area contributed by atoms with E-state index in [1.165, 1.54) is 6.42 Å². The Hall–Kier alpha value is -0.970. The molecule has 0 saturated carbocycles. The Morgan fingerprint density at radius 3 is 2.84 bits per heavy atom. The summed E-state index contributed by atoms with van der Waals surface area (Å²) in [6.45, 7) is 3.35. The Labute approximate surface area is 115 Å². The van der Waals surface area contributed by atoms with Crippen LogP contribution >= 0.6 is 0 Å². The van der Waals surface area contributed by atoms with Gasteiger partial charge in [-0.05, 0) is 51.7 Å². The molecule has 1 unspecified atom stereocenters. The lowest BCUT2D eigenvalue weighted by Gasteiger charge is -2.23. The number of unbranched alkanes of at least 4 members (excludes halogenated alkanes) is 1. The van der Waals surface area contributed by atoms with Crippen LogP contribution in [0, 0.1) is 5.82 Å². The first-order valence-corrected chi connectivity index (χ1v) is 6.99. The lowest BCUT2D eigenvalue weighted by atomic mass is 10.0. The Morgan fingerprint density at radius 1 is 1.37 bits per heavy atom. The smallest absolute Gasteiger partial charge is 0.128 e. The van der Waals surface area contributed by atoms with Gasteiger partial charge in [0.1, 0.15) is 5.82 Å². The predicted octanol–water partition coefficient (Wildman–Crippen LogP) is 1.98. The molecule has 0 amide bonds. The normalized spacial score (nSPS) is 19.1. The SMILES string of the molecule is CN(C)CCCCN1Cc2c(F)cccc2C1CN. The second kappa shape index (κ2) is 6.46. The zero-order valence-electron chi connectivity index (χ0n) is 11.9. The average Bonchev–Trinajstić information content (AvgIpc) is 2.73. The highest BCUT2D eigenvalue weighted by Gasteiger charge is 2.30. The van der Waals surface area contributed by atoms with Gasteiger partial charge in [-0.15, -0.1) is 0 Å². The van der Waals surface area contributed by atoms with E-state index in [1.54, 1.807) is 12.1 Å². The van der Waals surface area contributed by atoms with Crippen LogP contribution in [0.3, 0.4) is 0 Å². The fourth-order valence-electron chi connectivity index (χ4n) is 2.82. The minimum atomic E-state index is -0.0910. The molecule has 3 nitrogen and oxygen atoms in total. The minimum absolute atomic E-state index is 0.0910. The third-order valence-electron chi connectivity index (χ3n) is 3.84. The third kappa shape index (κ3) is 3.32. The van der Waals surface area contributed by atoms with Crippen molar-refractivity contribution in [2.75, 3.05) is 33.7 Å². The molecular formula is C15H24FN3. The van der Waals surface area contributed by atoms with Crippen LogP contribution in [0.2, 0.25) is 0 Å². The molecule has 106 valence electrons. The average molecular weight is 265 g/mol. The summed E-state index contributed by atoms with van der Waals surface area (Å²) in [5.74, 6) is -0.0910. The number of rotatable bonds is 6. The molecule has 1 aromatic carbocycles. The van der Waals surface area contributed by atoms with Crippen molar-refractivity contribution in [3.05, 3.63) is 35.1 Å². The van der Waals surface area contributed by atoms with Crippen molar-refractivity contribution in [3.8, 4) is 0 Å². The number of nitrogens with two attached hydrogens (primary N) is 1. The molecule has 4 heteroatoms. The van der Waals surface area contributed by atoms with Crippen molar-refractivity contribution in [1.29, 1.82) is 0 Å². The molecule has 0 fully saturated rings. The van der Waals surface area contributed by atoms with Crippen LogP contribution in [-0.4, -0.2) is 43.5 Å². The molecule has 1 aliphatic heterocycles. The number of hydrogen-bond acceptors (Lipinski definition) is 3. The first-order chi connectivity index (χ1) is 9.13. The van der Waals surface area contributed by atoms with Gasteiger partial charge in [-0.2, -0.15) is 0 Å². The summed E-state index contributed by atoms with van der Waals surface area (Å²) < 4.78 is 13.8. The highest BCUT2D eigenvalue weighted by Crippen LogP contribution is 2.34. The quantitative estimate of drug-likeness (QED) is 0.798. The highest BCUT2D eigenvalue weighted by molar-refractivity contribution is 5.35. The second-order valence-corrected chi connectivity index (χ2v) is 5.54. The molecule has 19 heavy (non-hydrogen) atoms. The molecule has 1 aromatic rings. The lowest BCUT2D eigenvalue weighted by Crippen LogP contribution is -2.29.